The SMILES string of the molecule is CC1C2CNCC2CN1Cc1cc(F)cc(Cl)c1. The van der Waals surface area contributed by atoms with Crippen LogP contribution in [0.15, 0.2) is 18.2 Å². The molecule has 0 aliphatic carbocycles. The Hall–Kier alpha value is -0.640. The van der Waals surface area contributed by atoms with Crippen LogP contribution >= 0.6 is 11.6 Å². The number of hydrogen-bond donors (Lipinski definition) is 1. The van der Waals surface area contributed by atoms with E-state index >= 15 is 0 Å². The second kappa shape index (κ2) is 4.80. The summed E-state index contributed by atoms with van der Waals surface area (Å²) in [6, 6.07) is 5.37. The number of likely N-dealkylation sites (tertiary alicyclic amines) is 1. The Balaban J connectivity index is 1.73. The van der Waals surface area contributed by atoms with Crippen molar-refractivity contribution in [2.75, 3.05) is 19.6 Å². The molecule has 3 rings (SSSR count). The van der Waals surface area contributed by atoms with Gasteiger partial charge in [0.25, 0.3) is 0 Å². The van der Waals surface area contributed by atoms with Crippen LogP contribution in [0.25, 0.3) is 0 Å². The highest BCUT2D eigenvalue weighted by molar-refractivity contribution is 6.30. The van der Waals surface area contributed by atoms with Crippen LogP contribution in [0.5, 0.6) is 0 Å². The lowest BCUT2D eigenvalue weighted by Crippen LogP contribution is -2.32. The molecule has 0 amide bonds. The van der Waals surface area contributed by atoms with Gasteiger partial charge in [-0.3, -0.25) is 4.90 Å². The molecular formula is C14H18ClFN2. The van der Waals surface area contributed by atoms with Crippen LogP contribution in [0.4, 0.5) is 4.39 Å². The number of hydrogen-bond acceptors (Lipinski definition) is 2. The van der Waals surface area contributed by atoms with Crippen LogP contribution in [-0.4, -0.2) is 30.6 Å². The van der Waals surface area contributed by atoms with E-state index in [-0.39, 0.29) is 5.82 Å². The topological polar surface area (TPSA) is 15.3 Å². The predicted molar refractivity (Wildman–Crippen MR) is 71.1 cm³/mol. The molecule has 0 saturated carbocycles. The highest BCUT2D eigenvalue weighted by Crippen LogP contribution is 2.33. The third-order valence-electron chi connectivity index (χ3n) is 4.36. The minimum atomic E-state index is -0.244. The Labute approximate surface area is 112 Å². The average Bonchev–Trinajstić information content (AvgIpc) is 2.83. The van der Waals surface area contributed by atoms with Crippen LogP contribution in [-0.2, 0) is 6.54 Å². The lowest BCUT2D eigenvalue weighted by Gasteiger charge is -2.24. The summed E-state index contributed by atoms with van der Waals surface area (Å²) in [5.74, 6) is 1.25. The van der Waals surface area contributed by atoms with Gasteiger partial charge >= 0.3 is 0 Å². The van der Waals surface area contributed by atoms with Crippen molar-refractivity contribution in [3.63, 3.8) is 0 Å². The zero-order valence-electron chi connectivity index (χ0n) is 10.5. The molecule has 0 aromatic heterocycles. The minimum absolute atomic E-state index is 0.244. The summed E-state index contributed by atoms with van der Waals surface area (Å²) in [6.45, 7) is 6.42. The first-order chi connectivity index (χ1) is 8.63. The Morgan fingerprint density at radius 1 is 1.39 bits per heavy atom. The molecule has 1 N–H and O–H groups in total. The quantitative estimate of drug-likeness (QED) is 0.887. The molecule has 0 spiro atoms. The molecular weight excluding hydrogens is 251 g/mol. The molecule has 18 heavy (non-hydrogen) atoms. The lowest BCUT2D eigenvalue weighted by molar-refractivity contribution is 0.231. The molecule has 2 aliphatic rings. The van der Waals surface area contributed by atoms with E-state index in [1.807, 2.05) is 6.07 Å². The van der Waals surface area contributed by atoms with E-state index in [0.29, 0.717) is 11.1 Å². The molecule has 1 aromatic carbocycles. The van der Waals surface area contributed by atoms with Crippen molar-refractivity contribution >= 4 is 11.6 Å². The van der Waals surface area contributed by atoms with E-state index in [1.54, 1.807) is 6.07 Å². The first kappa shape index (κ1) is 12.4. The predicted octanol–water partition coefficient (Wildman–Crippen LogP) is 2.52. The van der Waals surface area contributed by atoms with Gasteiger partial charge < -0.3 is 5.32 Å². The largest absolute Gasteiger partial charge is 0.316 e. The summed E-state index contributed by atoms with van der Waals surface area (Å²) < 4.78 is 13.3. The Morgan fingerprint density at radius 2 is 2.22 bits per heavy atom. The first-order valence-corrected chi connectivity index (χ1v) is 6.91. The molecule has 2 heterocycles. The van der Waals surface area contributed by atoms with Crippen LogP contribution < -0.4 is 5.32 Å². The molecule has 3 atom stereocenters. The number of rotatable bonds is 2. The maximum absolute atomic E-state index is 13.3. The summed E-state index contributed by atoms with van der Waals surface area (Å²) >= 11 is 5.90. The van der Waals surface area contributed by atoms with E-state index < -0.39 is 0 Å². The van der Waals surface area contributed by atoms with Crippen LogP contribution in [0.1, 0.15) is 12.5 Å². The third-order valence-corrected chi connectivity index (χ3v) is 4.58. The normalized spacial score (nSPS) is 31.8. The van der Waals surface area contributed by atoms with Gasteiger partial charge in [0.1, 0.15) is 5.82 Å². The molecule has 2 saturated heterocycles. The molecule has 1 aromatic rings. The number of benzene rings is 1. The van der Waals surface area contributed by atoms with Crippen molar-refractivity contribution in [1.82, 2.24) is 10.2 Å². The van der Waals surface area contributed by atoms with E-state index in [1.165, 1.54) is 6.07 Å². The number of nitrogens with zero attached hydrogens (tertiary/aromatic N) is 1. The fourth-order valence-corrected chi connectivity index (χ4v) is 3.65. The van der Waals surface area contributed by atoms with Gasteiger partial charge in [0, 0.05) is 24.2 Å². The van der Waals surface area contributed by atoms with E-state index in [2.05, 4.69) is 17.1 Å². The van der Waals surface area contributed by atoms with Gasteiger partial charge in [-0.25, -0.2) is 4.39 Å². The van der Waals surface area contributed by atoms with Gasteiger partial charge in [0.15, 0.2) is 0 Å². The van der Waals surface area contributed by atoms with Gasteiger partial charge in [-0.1, -0.05) is 11.6 Å². The molecule has 0 bridgehead atoms. The lowest BCUT2D eigenvalue weighted by atomic mass is 9.95. The summed E-state index contributed by atoms with van der Waals surface area (Å²) in [4.78, 5) is 2.45. The highest BCUT2D eigenvalue weighted by atomic mass is 35.5. The Morgan fingerprint density at radius 3 is 2.94 bits per heavy atom. The summed E-state index contributed by atoms with van der Waals surface area (Å²) in [7, 11) is 0. The van der Waals surface area contributed by atoms with Gasteiger partial charge in [-0.15, -0.1) is 0 Å². The molecule has 2 nitrogen and oxygen atoms in total. The standard InChI is InChI=1S/C14H18ClFN2/c1-9-14-6-17-5-11(14)8-18(9)7-10-2-12(15)4-13(16)3-10/h2-4,9,11,14,17H,5-8H2,1H3. The fourth-order valence-electron chi connectivity index (χ4n) is 3.40. The van der Waals surface area contributed by atoms with Crippen LogP contribution in [0.2, 0.25) is 5.02 Å². The second-order valence-corrected chi connectivity index (χ2v) is 5.97. The molecule has 2 aliphatic heterocycles. The van der Waals surface area contributed by atoms with E-state index in [0.717, 1.165) is 43.6 Å². The molecule has 0 radical (unpaired) electrons. The van der Waals surface area contributed by atoms with Crippen LogP contribution in [0, 0.1) is 17.7 Å². The summed E-state index contributed by atoms with van der Waals surface area (Å²) in [5.41, 5.74) is 0.972. The van der Waals surface area contributed by atoms with E-state index in [9.17, 15) is 4.39 Å². The van der Waals surface area contributed by atoms with Gasteiger partial charge in [0.2, 0.25) is 0 Å². The summed E-state index contributed by atoms with van der Waals surface area (Å²) in [5, 5.41) is 3.93. The maximum Gasteiger partial charge on any atom is 0.125 e. The van der Waals surface area contributed by atoms with Crippen molar-refractivity contribution in [3.8, 4) is 0 Å². The first-order valence-electron chi connectivity index (χ1n) is 6.53. The highest BCUT2D eigenvalue weighted by Gasteiger charge is 2.41. The average molecular weight is 269 g/mol. The smallest absolute Gasteiger partial charge is 0.125 e. The fraction of sp³-hybridized carbons (Fsp3) is 0.571. The molecule has 4 heteroatoms. The summed E-state index contributed by atoms with van der Waals surface area (Å²) in [6.07, 6.45) is 0. The van der Waals surface area contributed by atoms with Crippen molar-refractivity contribution in [3.05, 3.63) is 34.6 Å². The zero-order chi connectivity index (χ0) is 12.7. The Bertz CT molecular complexity index is 431. The van der Waals surface area contributed by atoms with Crippen molar-refractivity contribution in [2.24, 2.45) is 11.8 Å². The van der Waals surface area contributed by atoms with Crippen molar-refractivity contribution in [2.45, 2.75) is 19.5 Å². The Kier molecular flexibility index (Phi) is 3.31. The van der Waals surface area contributed by atoms with Gasteiger partial charge in [-0.2, -0.15) is 0 Å². The van der Waals surface area contributed by atoms with Gasteiger partial charge in [0.05, 0.1) is 0 Å². The molecule has 3 unspecified atom stereocenters. The van der Waals surface area contributed by atoms with Crippen molar-refractivity contribution in [1.29, 1.82) is 0 Å². The van der Waals surface area contributed by atoms with Crippen LogP contribution in [0.3, 0.4) is 0 Å². The number of nitrogens with one attached hydrogen (secondary N) is 1. The molecule has 2 fully saturated rings. The maximum atomic E-state index is 13.3. The third kappa shape index (κ3) is 2.27. The zero-order valence-corrected chi connectivity index (χ0v) is 11.3. The monoisotopic (exact) mass is 268 g/mol. The number of fused-ring (bicyclic) bond motifs is 1. The van der Waals surface area contributed by atoms with Gasteiger partial charge in [-0.05, 0) is 55.6 Å². The second-order valence-electron chi connectivity index (χ2n) is 5.53. The minimum Gasteiger partial charge on any atom is -0.316 e. The molecule has 98 valence electrons. The van der Waals surface area contributed by atoms with E-state index in [4.69, 9.17) is 11.6 Å². The van der Waals surface area contributed by atoms with Crippen molar-refractivity contribution < 1.29 is 4.39 Å². The number of halogens is 2.